The number of fused-ring (bicyclic) bond motifs is 2. The highest BCUT2D eigenvalue weighted by Crippen LogP contribution is 2.38. The van der Waals surface area contributed by atoms with Gasteiger partial charge in [-0.25, -0.2) is 0 Å². The first kappa shape index (κ1) is 13.1. The van der Waals surface area contributed by atoms with Gasteiger partial charge in [-0.3, -0.25) is 0 Å². The maximum Gasteiger partial charge on any atom is 0.0656 e. The highest BCUT2D eigenvalue weighted by atomic mass is 16.3. The Kier molecular flexibility index (Phi) is 3.61. The third-order valence-electron chi connectivity index (χ3n) is 5.00. The summed E-state index contributed by atoms with van der Waals surface area (Å²) in [6, 6.07) is 10.8. The van der Waals surface area contributed by atoms with Gasteiger partial charge in [-0.2, -0.15) is 0 Å². The number of benzene rings is 1. The van der Waals surface area contributed by atoms with Crippen molar-refractivity contribution in [3.8, 4) is 0 Å². The van der Waals surface area contributed by atoms with Crippen molar-refractivity contribution in [2.75, 3.05) is 19.7 Å². The van der Waals surface area contributed by atoms with E-state index < -0.39 is 5.54 Å². The van der Waals surface area contributed by atoms with Gasteiger partial charge < -0.3 is 15.7 Å². The average molecular weight is 260 g/mol. The van der Waals surface area contributed by atoms with E-state index in [9.17, 15) is 5.11 Å². The number of nitrogens with zero attached hydrogens (tertiary/aromatic N) is 1. The van der Waals surface area contributed by atoms with E-state index in [1.54, 1.807) is 0 Å². The predicted molar refractivity (Wildman–Crippen MR) is 76.7 cm³/mol. The van der Waals surface area contributed by atoms with Crippen molar-refractivity contribution in [2.24, 2.45) is 11.7 Å². The first-order valence-corrected chi connectivity index (χ1v) is 7.40. The van der Waals surface area contributed by atoms with Crippen LogP contribution in [0.5, 0.6) is 0 Å². The first-order valence-electron chi connectivity index (χ1n) is 7.40. The van der Waals surface area contributed by atoms with E-state index >= 15 is 0 Å². The second-order valence-electron chi connectivity index (χ2n) is 6.26. The second-order valence-corrected chi connectivity index (χ2v) is 6.26. The minimum absolute atomic E-state index is 0.0128. The summed E-state index contributed by atoms with van der Waals surface area (Å²) in [5, 5.41) is 9.70. The average Bonchev–Trinajstić information content (AvgIpc) is 3.08. The summed E-state index contributed by atoms with van der Waals surface area (Å²) in [6.45, 7) is 2.26. The summed E-state index contributed by atoms with van der Waals surface area (Å²) in [4.78, 5) is 2.58. The summed E-state index contributed by atoms with van der Waals surface area (Å²) < 4.78 is 0. The Labute approximate surface area is 115 Å². The molecular formula is C16H24N2O. The van der Waals surface area contributed by atoms with Crippen LogP contribution in [-0.4, -0.2) is 35.7 Å². The zero-order valence-corrected chi connectivity index (χ0v) is 11.5. The molecule has 104 valence electrons. The van der Waals surface area contributed by atoms with Crippen LogP contribution in [0.3, 0.4) is 0 Å². The van der Waals surface area contributed by atoms with E-state index in [4.69, 9.17) is 5.73 Å². The largest absolute Gasteiger partial charge is 0.394 e. The number of aliphatic hydroxyl groups is 1. The van der Waals surface area contributed by atoms with Gasteiger partial charge in [0, 0.05) is 19.1 Å². The lowest BCUT2D eigenvalue weighted by molar-refractivity contribution is 0.147. The van der Waals surface area contributed by atoms with Gasteiger partial charge in [0.2, 0.25) is 0 Å². The zero-order valence-electron chi connectivity index (χ0n) is 11.5. The first-order chi connectivity index (χ1) is 9.21. The molecule has 1 aliphatic carbocycles. The molecule has 1 aromatic carbocycles. The topological polar surface area (TPSA) is 49.5 Å². The van der Waals surface area contributed by atoms with Crippen molar-refractivity contribution in [1.29, 1.82) is 0 Å². The Morgan fingerprint density at radius 3 is 2.63 bits per heavy atom. The minimum Gasteiger partial charge on any atom is -0.394 e. The van der Waals surface area contributed by atoms with E-state index in [0.29, 0.717) is 0 Å². The van der Waals surface area contributed by atoms with Crippen LogP contribution >= 0.6 is 0 Å². The molecule has 3 N–H and O–H groups in total. The Hall–Kier alpha value is -0.900. The molecule has 2 aliphatic rings. The monoisotopic (exact) mass is 260 g/mol. The van der Waals surface area contributed by atoms with Crippen LogP contribution in [0.2, 0.25) is 0 Å². The fourth-order valence-corrected chi connectivity index (χ4v) is 3.73. The number of rotatable bonds is 5. The molecule has 1 aliphatic heterocycles. The molecule has 2 fully saturated rings. The van der Waals surface area contributed by atoms with Crippen molar-refractivity contribution in [2.45, 2.75) is 37.3 Å². The van der Waals surface area contributed by atoms with Gasteiger partial charge in [0.05, 0.1) is 12.1 Å². The standard InChI is InChI=1S/C16H24N2O/c17-16(12-19,14-4-2-1-3-5-14)8-9-18-11-13-6-7-15(18)10-13/h1-5,13,15,19H,6-12,17H2. The normalized spacial score (nSPS) is 29.6. The third-order valence-corrected chi connectivity index (χ3v) is 5.00. The summed E-state index contributed by atoms with van der Waals surface area (Å²) in [5.41, 5.74) is 6.87. The highest BCUT2D eigenvalue weighted by molar-refractivity contribution is 5.24. The lowest BCUT2D eigenvalue weighted by Crippen LogP contribution is -2.45. The summed E-state index contributed by atoms with van der Waals surface area (Å²) in [7, 11) is 0. The molecule has 0 spiro atoms. The van der Waals surface area contributed by atoms with Crippen molar-refractivity contribution in [3.63, 3.8) is 0 Å². The maximum atomic E-state index is 9.70. The summed E-state index contributed by atoms with van der Waals surface area (Å²) in [5.74, 6) is 0.919. The van der Waals surface area contributed by atoms with Gasteiger partial charge in [0.25, 0.3) is 0 Å². The fourth-order valence-electron chi connectivity index (χ4n) is 3.73. The molecule has 3 unspecified atom stereocenters. The van der Waals surface area contributed by atoms with Crippen LogP contribution < -0.4 is 5.73 Å². The smallest absolute Gasteiger partial charge is 0.0656 e. The van der Waals surface area contributed by atoms with Crippen molar-refractivity contribution in [3.05, 3.63) is 35.9 Å². The van der Waals surface area contributed by atoms with Gasteiger partial charge in [-0.1, -0.05) is 30.3 Å². The van der Waals surface area contributed by atoms with E-state index in [0.717, 1.165) is 30.5 Å². The molecule has 1 aromatic rings. The van der Waals surface area contributed by atoms with Crippen molar-refractivity contribution < 1.29 is 5.11 Å². The molecule has 0 aromatic heterocycles. The van der Waals surface area contributed by atoms with Crippen LogP contribution in [0.1, 0.15) is 31.2 Å². The van der Waals surface area contributed by atoms with Crippen LogP contribution in [0.25, 0.3) is 0 Å². The number of likely N-dealkylation sites (tertiary alicyclic amines) is 1. The lowest BCUT2D eigenvalue weighted by atomic mass is 9.88. The molecule has 1 saturated carbocycles. The quantitative estimate of drug-likeness (QED) is 0.847. The van der Waals surface area contributed by atoms with Crippen molar-refractivity contribution >= 4 is 0 Å². The number of hydrogen-bond acceptors (Lipinski definition) is 3. The van der Waals surface area contributed by atoms with Gasteiger partial charge in [-0.15, -0.1) is 0 Å². The predicted octanol–water partition coefficient (Wildman–Crippen LogP) is 1.71. The van der Waals surface area contributed by atoms with E-state index in [2.05, 4.69) is 4.90 Å². The molecule has 19 heavy (non-hydrogen) atoms. The Bertz CT molecular complexity index is 422. The Balaban J connectivity index is 1.64. The number of hydrogen-bond donors (Lipinski definition) is 2. The number of aliphatic hydroxyl groups excluding tert-OH is 1. The van der Waals surface area contributed by atoms with E-state index in [1.807, 2.05) is 30.3 Å². The molecule has 1 saturated heterocycles. The van der Waals surface area contributed by atoms with Crippen LogP contribution in [-0.2, 0) is 5.54 Å². The van der Waals surface area contributed by atoms with Gasteiger partial charge in [0.15, 0.2) is 0 Å². The molecule has 0 radical (unpaired) electrons. The maximum absolute atomic E-state index is 9.70. The van der Waals surface area contributed by atoms with Gasteiger partial charge in [-0.05, 0) is 37.2 Å². The molecule has 3 rings (SSSR count). The number of nitrogens with two attached hydrogens (primary N) is 1. The van der Waals surface area contributed by atoms with Crippen LogP contribution in [0.4, 0.5) is 0 Å². The molecule has 3 heteroatoms. The SMILES string of the molecule is NC(CO)(CCN1CC2CCC1C2)c1ccccc1. The second kappa shape index (κ2) is 5.23. The molecule has 1 heterocycles. The fraction of sp³-hybridized carbons (Fsp3) is 0.625. The minimum atomic E-state index is -0.594. The lowest BCUT2D eigenvalue weighted by Gasteiger charge is -2.33. The molecular weight excluding hydrogens is 236 g/mol. The summed E-state index contributed by atoms with van der Waals surface area (Å²) in [6.07, 6.45) is 4.97. The van der Waals surface area contributed by atoms with E-state index in [1.165, 1.54) is 25.8 Å². The van der Waals surface area contributed by atoms with Gasteiger partial charge in [0.1, 0.15) is 0 Å². The van der Waals surface area contributed by atoms with Crippen molar-refractivity contribution in [1.82, 2.24) is 4.90 Å². The zero-order chi connectivity index (χ0) is 13.3. The highest BCUT2D eigenvalue weighted by Gasteiger charge is 2.38. The van der Waals surface area contributed by atoms with Crippen LogP contribution in [0, 0.1) is 5.92 Å². The summed E-state index contributed by atoms with van der Waals surface area (Å²) >= 11 is 0. The molecule has 2 bridgehead atoms. The van der Waals surface area contributed by atoms with E-state index in [-0.39, 0.29) is 6.61 Å². The Morgan fingerprint density at radius 1 is 1.26 bits per heavy atom. The molecule has 3 nitrogen and oxygen atoms in total. The third kappa shape index (κ3) is 2.55. The molecule has 3 atom stereocenters. The van der Waals surface area contributed by atoms with Gasteiger partial charge >= 0.3 is 0 Å². The van der Waals surface area contributed by atoms with Crippen LogP contribution in [0.15, 0.2) is 30.3 Å². The molecule has 0 amide bonds. The Morgan fingerprint density at radius 2 is 2.05 bits per heavy atom. The number of piperidine rings is 1.